The number of aryl methyl sites for hydroxylation is 1. The molecule has 6 heteroatoms. The van der Waals surface area contributed by atoms with Gasteiger partial charge in [0.15, 0.2) is 0 Å². The van der Waals surface area contributed by atoms with Crippen LogP contribution in [0.4, 0.5) is 11.8 Å². The number of aliphatic hydroxyl groups is 1. The average Bonchev–Trinajstić information content (AvgIpc) is 2.69. The predicted molar refractivity (Wildman–Crippen MR) is 91.1 cm³/mol. The predicted octanol–water partition coefficient (Wildman–Crippen LogP) is 1.05. The van der Waals surface area contributed by atoms with Crippen LogP contribution in [-0.2, 0) is 6.54 Å². The third kappa shape index (κ3) is 4.18. The Morgan fingerprint density at radius 2 is 1.96 bits per heavy atom. The van der Waals surface area contributed by atoms with Crippen LogP contribution < -0.4 is 10.6 Å². The van der Waals surface area contributed by atoms with Crippen molar-refractivity contribution < 1.29 is 5.11 Å². The highest BCUT2D eigenvalue weighted by Gasteiger charge is 2.22. The van der Waals surface area contributed by atoms with E-state index in [1.165, 1.54) is 5.56 Å². The van der Waals surface area contributed by atoms with Gasteiger partial charge >= 0.3 is 0 Å². The van der Waals surface area contributed by atoms with E-state index in [1.807, 2.05) is 31.2 Å². The molecule has 2 heterocycles. The van der Waals surface area contributed by atoms with E-state index in [9.17, 15) is 5.11 Å². The zero-order valence-electron chi connectivity index (χ0n) is 13.4. The second-order valence-corrected chi connectivity index (χ2v) is 6.05. The number of hydrogen-bond acceptors (Lipinski definition) is 6. The molecule has 0 saturated carbocycles. The lowest BCUT2D eigenvalue weighted by Crippen LogP contribution is -2.33. The van der Waals surface area contributed by atoms with Crippen LogP contribution in [0.15, 0.2) is 36.4 Å². The first-order valence-corrected chi connectivity index (χ1v) is 7.90. The van der Waals surface area contributed by atoms with E-state index in [-0.39, 0.29) is 5.95 Å². The molecule has 2 aromatic rings. The fourth-order valence-corrected chi connectivity index (χ4v) is 2.98. The highest BCUT2D eigenvalue weighted by atomic mass is 16.3. The normalized spacial score (nSPS) is 19.6. The SMILES string of the molecule is Cc1cc(N2CCN(Cc3ccccc3)C[C@@H](O)C2)nc(N)n1. The molecule has 1 atom stereocenters. The van der Waals surface area contributed by atoms with Crippen molar-refractivity contribution in [2.24, 2.45) is 0 Å². The Bertz CT molecular complexity index is 628. The minimum atomic E-state index is -0.419. The van der Waals surface area contributed by atoms with Gasteiger partial charge in [-0.2, -0.15) is 4.98 Å². The van der Waals surface area contributed by atoms with E-state index in [0.717, 1.165) is 31.1 Å². The number of aliphatic hydroxyl groups excluding tert-OH is 1. The van der Waals surface area contributed by atoms with Crippen LogP contribution in [0.2, 0.25) is 0 Å². The molecule has 1 aliphatic heterocycles. The second-order valence-electron chi connectivity index (χ2n) is 6.05. The first kappa shape index (κ1) is 15.7. The molecule has 1 aromatic heterocycles. The van der Waals surface area contributed by atoms with Crippen LogP contribution in [0.5, 0.6) is 0 Å². The Kier molecular flexibility index (Phi) is 4.73. The smallest absolute Gasteiger partial charge is 0.222 e. The molecule has 3 rings (SSSR count). The summed E-state index contributed by atoms with van der Waals surface area (Å²) >= 11 is 0. The van der Waals surface area contributed by atoms with Crippen LogP contribution in [-0.4, -0.2) is 52.3 Å². The first-order valence-electron chi connectivity index (χ1n) is 7.90. The van der Waals surface area contributed by atoms with Gasteiger partial charge in [-0.3, -0.25) is 4.90 Å². The molecule has 6 nitrogen and oxygen atoms in total. The maximum absolute atomic E-state index is 10.3. The van der Waals surface area contributed by atoms with Crippen LogP contribution in [0, 0.1) is 6.92 Å². The number of nitrogens with zero attached hydrogens (tertiary/aromatic N) is 4. The van der Waals surface area contributed by atoms with Crippen LogP contribution in [0.1, 0.15) is 11.3 Å². The fourth-order valence-electron chi connectivity index (χ4n) is 2.98. The Morgan fingerprint density at radius 1 is 1.17 bits per heavy atom. The van der Waals surface area contributed by atoms with Crippen molar-refractivity contribution in [3.8, 4) is 0 Å². The molecule has 0 amide bonds. The minimum absolute atomic E-state index is 0.278. The van der Waals surface area contributed by atoms with Crippen molar-refractivity contribution in [3.05, 3.63) is 47.7 Å². The van der Waals surface area contributed by atoms with Crippen LogP contribution >= 0.6 is 0 Å². The molecule has 0 aliphatic carbocycles. The van der Waals surface area contributed by atoms with Gasteiger partial charge in [-0.1, -0.05) is 30.3 Å². The largest absolute Gasteiger partial charge is 0.390 e. The lowest BCUT2D eigenvalue weighted by molar-refractivity contribution is 0.129. The van der Waals surface area contributed by atoms with Crippen LogP contribution in [0.25, 0.3) is 0 Å². The van der Waals surface area contributed by atoms with E-state index in [2.05, 4.69) is 31.9 Å². The maximum atomic E-state index is 10.3. The third-order valence-corrected chi connectivity index (χ3v) is 4.02. The summed E-state index contributed by atoms with van der Waals surface area (Å²) in [6.45, 7) is 5.63. The standard InChI is InChI=1S/C17H23N5O/c1-13-9-16(20-17(18)19-13)22-8-7-21(11-15(23)12-22)10-14-5-3-2-4-6-14/h2-6,9,15,23H,7-8,10-12H2,1H3,(H2,18,19,20)/t15-/m1/s1. The summed E-state index contributed by atoms with van der Waals surface area (Å²) in [5.41, 5.74) is 7.85. The molecule has 1 aliphatic rings. The van der Waals surface area contributed by atoms with Crippen molar-refractivity contribution in [1.29, 1.82) is 0 Å². The van der Waals surface area contributed by atoms with E-state index in [4.69, 9.17) is 5.73 Å². The molecule has 1 saturated heterocycles. The number of hydrogen-bond donors (Lipinski definition) is 2. The van der Waals surface area contributed by atoms with Gasteiger partial charge in [-0.05, 0) is 12.5 Å². The molecule has 122 valence electrons. The molecule has 1 fully saturated rings. The second kappa shape index (κ2) is 6.93. The fraction of sp³-hybridized carbons (Fsp3) is 0.412. The summed E-state index contributed by atoms with van der Waals surface area (Å²) in [4.78, 5) is 12.8. The lowest BCUT2D eigenvalue weighted by atomic mass is 10.2. The first-order chi connectivity index (χ1) is 11.1. The number of rotatable bonds is 3. The minimum Gasteiger partial charge on any atom is -0.390 e. The molecule has 23 heavy (non-hydrogen) atoms. The van der Waals surface area contributed by atoms with E-state index in [1.54, 1.807) is 0 Å². The van der Waals surface area contributed by atoms with Gasteiger partial charge in [0.25, 0.3) is 0 Å². The zero-order valence-corrected chi connectivity index (χ0v) is 13.4. The summed E-state index contributed by atoms with van der Waals surface area (Å²) in [7, 11) is 0. The van der Waals surface area contributed by atoms with E-state index >= 15 is 0 Å². The Hall–Kier alpha value is -2.18. The molecule has 0 spiro atoms. The third-order valence-electron chi connectivity index (χ3n) is 4.02. The topological polar surface area (TPSA) is 78.5 Å². The Balaban J connectivity index is 1.70. The average molecular weight is 313 g/mol. The molecule has 0 bridgehead atoms. The van der Waals surface area contributed by atoms with Gasteiger partial charge in [0, 0.05) is 44.5 Å². The molecule has 1 aromatic carbocycles. The van der Waals surface area contributed by atoms with Gasteiger partial charge in [-0.25, -0.2) is 4.98 Å². The van der Waals surface area contributed by atoms with Gasteiger partial charge in [0.05, 0.1) is 6.10 Å². The van der Waals surface area contributed by atoms with Crippen molar-refractivity contribution in [3.63, 3.8) is 0 Å². The highest BCUT2D eigenvalue weighted by molar-refractivity contribution is 5.43. The number of nitrogen functional groups attached to an aromatic ring is 1. The maximum Gasteiger partial charge on any atom is 0.222 e. The van der Waals surface area contributed by atoms with Crippen molar-refractivity contribution in [2.45, 2.75) is 19.6 Å². The van der Waals surface area contributed by atoms with Crippen molar-refractivity contribution >= 4 is 11.8 Å². The number of nitrogens with two attached hydrogens (primary N) is 1. The van der Waals surface area contributed by atoms with E-state index in [0.29, 0.717) is 13.1 Å². The Morgan fingerprint density at radius 3 is 2.70 bits per heavy atom. The summed E-state index contributed by atoms with van der Waals surface area (Å²) in [5, 5.41) is 10.3. The summed E-state index contributed by atoms with van der Waals surface area (Å²) < 4.78 is 0. The monoisotopic (exact) mass is 313 g/mol. The number of benzene rings is 1. The number of aromatic nitrogens is 2. The summed E-state index contributed by atoms with van der Waals surface area (Å²) in [6, 6.07) is 12.2. The zero-order chi connectivity index (χ0) is 16.2. The molecule has 0 radical (unpaired) electrons. The van der Waals surface area contributed by atoms with Crippen LogP contribution in [0.3, 0.4) is 0 Å². The van der Waals surface area contributed by atoms with Crippen molar-refractivity contribution in [1.82, 2.24) is 14.9 Å². The molecular formula is C17H23N5O. The van der Waals surface area contributed by atoms with Gasteiger partial charge in [0.1, 0.15) is 5.82 Å². The van der Waals surface area contributed by atoms with Gasteiger partial charge in [-0.15, -0.1) is 0 Å². The quantitative estimate of drug-likeness (QED) is 0.882. The lowest BCUT2D eigenvalue weighted by Gasteiger charge is -2.23. The van der Waals surface area contributed by atoms with E-state index < -0.39 is 6.10 Å². The highest BCUT2D eigenvalue weighted by Crippen LogP contribution is 2.17. The molecule has 0 unspecified atom stereocenters. The summed E-state index contributed by atoms with van der Waals surface area (Å²) in [6.07, 6.45) is -0.419. The number of β-amino-alcohol motifs (C(OH)–C–C–N with tert-alkyl or cyclic N) is 1. The van der Waals surface area contributed by atoms with Gasteiger partial charge < -0.3 is 15.7 Å². The molecular weight excluding hydrogens is 290 g/mol. The Labute approximate surface area is 136 Å². The number of anilines is 2. The van der Waals surface area contributed by atoms with Crippen molar-refractivity contribution in [2.75, 3.05) is 36.8 Å². The summed E-state index contributed by atoms with van der Waals surface area (Å²) in [5.74, 6) is 1.07. The van der Waals surface area contributed by atoms with Gasteiger partial charge in [0.2, 0.25) is 5.95 Å². The molecule has 3 N–H and O–H groups in total.